The highest BCUT2D eigenvalue weighted by molar-refractivity contribution is 6.33. The van der Waals surface area contributed by atoms with Gasteiger partial charge in [-0.25, -0.2) is 0 Å². The van der Waals surface area contributed by atoms with Crippen LogP contribution in [0, 0.1) is 18.8 Å². The molecule has 0 aromatic heterocycles. The maximum Gasteiger partial charge on any atom is 0.0640 e. The molecule has 98 valence electrons. The van der Waals surface area contributed by atoms with Crippen molar-refractivity contribution < 1.29 is 0 Å². The van der Waals surface area contributed by atoms with E-state index in [1.807, 2.05) is 12.1 Å². The van der Waals surface area contributed by atoms with E-state index in [0.29, 0.717) is 6.04 Å². The van der Waals surface area contributed by atoms with Crippen LogP contribution in [0.1, 0.15) is 44.1 Å². The van der Waals surface area contributed by atoms with Gasteiger partial charge >= 0.3 is 0 Å². The third-order valence-corrected chi connectivity index (χ3v) is 4.89. The maximum absolute atomic E-state index is 6.30. The van der Waals surface area contributed by atoms with Crippen molar-refractivity contribution >= 4 is 17.3 Å². The summed E-state index contributed by atoms with van der Waals surface area (Å²) >= 11 is 6.30. The van der Waals surface area contributed by atoms with Crippen LogP contribution in [0.4, 0.5) is 5.69 Å². The smallest absolute Gasteiger partial charge is 0.0640 e. The van der Waals surface area contributed by atoms with Crippen LogP contribution >= 0.6 is 11.6 Å². The van der Waals surface area contributed by atoms with Crippen molar-refractivity contribution in [2.45, 2.75) is 51.5 Å². The van der Waals surface area contributed by atoms with E-state index in [2.05, 4.69) is 18.3 Å². The van der Waals surface area contributed by atoms with E-state index in [1.54, 1.807) is 0 Å². The Labute approximate surface area is 115 Å². The van der Waals surface area contributed by atoms with Gasteiger partial charge in [0.15, 0.2) is 0 Å². The Morgan fingerprint density at radius 3 is 2.67 bits per heavy atom. The molecule has 1 aromatic carbocycles. The first-order valence-electron chi connectivity index (χ1n) is 7.25. The summed E-state index contributed by atoms with van der Waals surface area (Å²) in [7, 11) is 0. The van der Waals surface area contributed by atoms with Gasteiger partial charge in [0, 0.05) is 6.04 Å². The summed E-state index contributed by atoms with van der Waals surface area (Å²) in [5.74, 6) is 2.01. The molecule has 2 saturated carbocycles. The van der Waals surface area contributed by atoms with Gasteiger partial charge in [-0.15, -0.1) is 0 Å². The van der Waals surface area contributed by atoms with Crippen molar-refractivity contribution in [2.75, 3.05) is 5.32 Å². The molecule has 2 aliphatic rings. The first kappa shape index (κ1) is 12.3. The summed E-state index contributed by atoms with van der Waals surface area (Å²) in [5.41, 5.74) is 2.41. The van der Waals surface area contributed by atoms with E-state index in [9.17, 15) is 0 Å². The Kier molecular flexibility index (Phi) is 3.52. The zero-order chi connectivity index (χ0) is 12.5. The number of anilines is 1. The van der Waals surface area contributed by atoms with E-state index < -0.39 is 0 Å². The number of hydrogen-bond donors (Lipinski definition) is 1. The highest BCUT2D eigenvalue weighted by Gasteiger charge is 2.34. The van der Waals surface area contributed by atoms with Gasteiger partial charge in [0.05, 0.1) is 10.7 Å². The molecule has 3 rings (SSSR count). The standard InChI is InChI=1S/C16H22ClN/c1-11-4-2-7-15(17)16(11)18-14-6-3-5-13(10-14)12-8-9-12/h2,4,7,12-14,18H,3,5-6,8-10H2,1H3. The van der Waals surface area contributed by atoms with E-state index in [1.165, 1.54) is 44.1 Å². The minimum Gasteiger partial charge on any atom is -0.381 e. The summed E-state index contributed by atoms with van der Waals surface area (Å²) in [4.78, 5) is 0. The molecule has 2 atom stereocenters. The van der Waals surface area contributed by atoms with Crippen LogP contribution in [0.25, 0.3) is 0 Å². The second-order valence-corrected chi connectivity index (χ2v) is 6.44. The summed E-state index contributed by atoms with van der Waals surface area (Å²) in [6, 6.07) is 6.77. The van der Waals surface area contributed by atoms with Crippen molar-refractivity contribution in [3.63, 3.8) is 0 Å². The summed E-state index contributed by atoms with van der Waals surface area (Å²) in [6.07, 6.45) is 8.42. The fraction of sp³-hybridized carbons (Fsp3) is 0.625. The Hall–Kier alpha value is -0.690. The van der Waals surface area contributed by atoms with Gasteiger partial charge < -0.3 is 5.32 Å². The lowest BCUT2D eigenvalue weighted by molar-refractivity contribution is 0.303. The molecule has 2 fully saturated rings. The number of hydrogen-bond acceptors (Lipinski definition) is 1. The molecule has 1 aromatic rings. The third-order valence-electron chi connectivity index (χ3n) is 4.57. The van der Waals surface area contributed by atoms with Crippen LogP contribution in [0.5, 0.6) is 0 Å². The van der Waals surface area contributed by atoms with E-state index in [-0.39, 0.29) is 0 Å². The lowest BCUT2D eigenvalue weighted by Crippen LogP contribution is -2.28. The van der Waals surface area contributed by atoms with E-state index in [4.69, 9.17) is 11.6 Å². The highest BCUT2D eigenvalue weighted by Crippen LogP contribution is 2.44. The number of rotatable bonds is 3. The molecule has 0 radical (unpaired) electrons. The summed E-state index contributed by atoms with van der Waals surface area (Å²) in [6.45, 7) is 2.13. The van der Waals surface area contributed by atoms with Crippen molar-refractivity contribution in [2.24, 2.45) is 11.8 Å². The van der Waals surface area contributed by atoms with Gasteiger partial charge in [0.1, 0.15) is 0 Å². The third kappa shape index (κ3) is 2.66. The van der Waals surface area contributed by atoms with Crippen LogP contribution in [-0.2, 0) is 0 Å². The molecular formula is C16H22ClN. The fourth-order valence-electron chi connectivity index (χ4n) is 3.37. The first-order chi connectivity index (χ1) is 8.74. The molecule has 18 heavy (non-hydrogen) atoms. The predicted octanol–water partition coefficient (Wildman–Crippen LogP) is 5.03. The van der Waals surface area contributed by atoms with Crippen molar-refractivity contribution in [3.05, 3.63) is 28.8 Å². The minimum atomic E-state index is 0.628. The van der Waals surface area contributed by atoms with Crippen LogP contribution in [0.3, 0.4) is 0 Å². The number of nitrogens with one attached hydrogen (secondary N) is 1. The quantitative estimate of drug-likeness (QED) is 0.807. The molecule has 1 nitrogen and oxygen atoms in total. The zero-order valence-electron chi connectivity index (χ0n) is 11.1. The fourth-order valence-corrected chi connectivity index (χ4v) is 3.65. The molecule has 0 bridgehead atoms. The Balaban J connectivity index is 1.68. The Morgan fingerprint density at radius 2 is 1.94 bits per heavy atom. The topological polar surface area (TPSA) is 12.0 Å². The molecule has 2 heteroatoms. The largest absolute Gasteiger partial charge is 0.381 e. The van der Waals surface area contributed by atoms with Gasteiger partial charge in [-0.3, -0.25) is 0 Å². The van der Waals surface area contributed by atoms with E-state index in [0.717, 1.165) is 22.5 Å². The molecule has 0 spiro atoms. The molecule has 2 aliphatic carbocycles. The number of benzene rings is 1. The Bertz CT molecular complexity index is 405. The number of aryl methyl sites for hydroxylation is 1. The zero-order valence-corrected chi connectivity index (χ0v) is 11.8. The summed E-state index contributed by atoms with van der Waals surface area (Å²) in [5, 5.41) is 4.56. The Morgan fingerprint density at radius 1 is 1.11 bits per heavy atom. The first-order valence-corrected chi connectivity index (χ1v) is 7.63. The van der Waals surface area contributed by atoms with Crippen molar-refractivity contribution in [1.82, 2.24) is 0 Å². The minimum absolute atomic E-state index is 0.628. The van der Waals surface area contributed by atoms with Gasteiger partial charge in [0.25, 0.3) is 0 Å². The molecule has 0 amide bonds. The maximum atomic E-state index is 6.30. The second-order valence-electron chi connectivity index (χ2n) is 6.04. The molecule has 2 unspecified atom stereocenters. The van der Waals surface area contributed by atoms with Crippen LogP contribution in [0.2, 0.25) is 5.02 Å². The second kappa shape index (κ2) is 5.13. The lowest BCUT2D eigenvalue weighted by atomic mass is 9.82. The van der Waals surface area contributed by atoms with Crippen molar-refractivity contribution in [3.8, 4) is 0 Å². The predicted molar refractivity (Wildman–Crippen MR) is 78.3 cm³/mol. The van der Waals surface area contributed by atoms with E-state index >= 15 is 0 Å². The van der Waals surface area contributed by atoms with Gasteiger partial charge in [0.2, 0.25) is 0 Å². The van der Waals surface area contributed by atoms with Gasteiger partial charge in [-0.1, -0.05) is 36.6 Å². The molecular weight excluding hydrogens is 242 g/mol. The van der Waals surface area contributed by atoms with Gasteiger partial charge in [-0.05, 0) is 56.1 Å². The average molecular weight is 264 g/mol. The van der Waals surface area contributed by atoms with Crippen LogP contribution < -0.4 is 5.32 Å². The number of halogens is 1. The van der Waals surface area contributed by atoms with Crippen molar-refractivity contribution in [1.29, 1.82) is 0 Å². The van der Waals surface area contributed by atoms with Crippen LogP contribution in [0.15, 0.2) is 18.2 Å². The summed E-state index contributed by atoms with van der Waals surface area (Å²) < 4.78 is 0. The van der Waals surface area contributed by atoms with Crippen LogP contribution in [-0.4, -0.2) is 6.04 Å². The van der Waals surface area contributed by atoms with Gasteiger partial charge in [-0.2, -0.15) is 0 Å². The SMILES string of the molecule is Cc1cccc(Cl)c1NC1CCCC(C2CC2)C1. The highest BCUT2D eigenvalue weighted by atomic mass is 35.5. The normalized spacial score (nSPS) is 28.1. The lowest BCUT2D eigenvalue weighted by Gasteiger charge is -2.31. The number of para-hydroxylation sites is 1. The molecule has 0 aliphatic heterocycles. The monoisotopic (exact) mass is 263 g/mol. The molecule has 1 N–H and O–H groups in total. The molecule has 0 heterocycles. The average Bonchev–Trinajstić information content (AvgIpc) is 3.19. The molecule has 0 saturated heterocycles.